The van der Waals surface area contributed by atoms with Crippen LogP contribution in [0.2, 0.25) is 0 Å². The lowest BCUT2D eigenvalue weighted by Crippen LogP contribution is -2.29. The second-order valence-electron chi connectivity index (χ2n) is 8.43. The summed E-state index contributed by atoms with van der Waals surface area (Å²) in [6, 6.07) is 13.7. The predicted molar refractivity (Wildman–Crippen MR) is 153 cm³/mol. The number of anilines is 1. The number of thioether (sulfide) groups is 1. The molecule has 0 bridgehead atoms. The van der Waals surface area contributed by atoms with Gasteiger partial charge >= 0.3 is 6.18 Å². The number of carbonyl (C=O) groups excluding carboxylic acids is 1. The van der Waals surface area contributed by atoms with Crippen LogP contribution in [-0.2, 0) is 21.0 Å². The largest absolute Gasteiger partial charge is 0.457 e. The highest BCUT2D eigenvalue weighted by molar-refractivity contribution is 8.18. The van der Waals surface area contributed by atoms with Gasteiger partial charge in [-0.1, -0.05) is 18.2 Å². The second kappa shape index (κ2) is 11.4. The number of furan rings is 1. The highest BCUT2D eigenvalue weighted by Gasteiger charge is 2.33. The molecule has 0 aliphatic carbocycles. The summed E-state index contributed by atoms with van der Waals surface area (Å²) in [6.07, 6.45) is 0.0249. The Morgan fingerprint density at radius 2 is 1.90 bits per heavy atom. The molecule has 8 nitrogen and oxygen atoms in total. The van der Waals surface area contributed by atoms with Crippen molar-refractivity contribution in [1.29, 1.82) is 0 Å². The SMILES string of the molecule is C=CCN1C(=O)/C(=C/c2ccc(-c3cccc(C(F)(F)F)c3)o2)SC1=Nc1ccc(S(=O)(=O)Nc2nccs2)cc1. The molecule has 2 aromatic heterocycles. The first-order valence-corrected chi connectivity index (χ1v) is 14.9. The van der Waals surface area contributed by atoms with E-state index < -0.39 is 21.8 Å². The molecule has 1 N–H and O–H groups in total. The van der Waals surface area contributed by atoms with Crippen LogP contribution in [0.5, 0.6) is 0 Å². The van der Waals surface area contributed by atoms with Crippen molar-refractivity contribution in [1.82, 2.24) is 9.88 Å². The Hall–Kier alpha value is -4.14. The van der Waals surface area contributed by atoms with Crippen LogP contribution in [0.3, 0.4) is 0 Å². The first-order valence-electron chi connectivity index (χ1n) is 11.7. The van der Waals surface area contributed by atoms with E-state index in [-0.39, 0.29) is 44.5 Å². The van der Waals surface area contributed by atoms with Gasteiger partial charge in [-0.15, -0.1) is 17.9 Å². The van der Waals surface area contributed by atoms with E-state index in [1.165, 1.54) is 65.7 Å². The Bertz CT molecular complexity index is 1760. The fourth-order valence-electron chi connectivity index (χ4n) is 3.70. The summed E-state index contributed by atoms with van der Waals surface area (Å²) in [5.74, 6) is 0.127. The van der Waals surface area contributed by atoms with Crippen LogP contribution in [0.25, 0.3) is 17.4 Å². The van der Waals surface area contributed by atoms with Crippen molar-refractivity contribution in [2.24, 2.45) is 4.99 Å². The molecule has 1 aliphatic heterocycles. The number of sulfonamides is 1. The Morgan fingerprint density at radius 1 is 1.12 bits per heavy atom. The van der Waals surface area contributed by atoms with Gasteiger partial charge in [0.15, 0.2) is 10.3 Å². The van der Waals surface area contributed by atoms with Gasteiger partial charge in [0.2, 0.25) is 0 Å². The number of amidine groups is 1. The van der Waals surface area contributed by atoms with Crippen molar-refractivity contribution >= 4 is 61.1 Å². The standard InChI is InChI=1S/C27H19F3N4O4S3/c1-2-13-34-24(35)23(16-20-8-11-22(38-20)17-4-3-5-18(15-17)27(28,29)30)40-26(34)32-19-6-9-21(10-7-19)41(36,37)33-25-31-12-14-39-25/h2-12,14-16H,1,13H2,(H,31,33)/b23-16-,32-26?. The average Bonchev–Trinajstić information content (AvgIpc) is 3.68. The fraction of sp³-hybridized carbons (Fsp3) is 0.0741. The zero-order valence-corrected chi connectivity index (χ0v) is 23.3. The third-order valence-corrected chi connectivity index (χ3v) is 8.78. The molecule has 0 unspecified atom stereocenters. The lowest BCUT2D eigenvalue weighted by atomic mass is 10.1. The van der Waals surface area contributed by atoms with Crippen LogP contribution >= 0.6 is 23.1 Å². The number of thiazole rings is 1. The smallest absolute Gasteiger partial charge is 0.416 e. The molecule has 3 heterocycles. The van der Waals surface area contributed by atoms with Gasteiger partial charge in [-0.25, -0.2) is 18.4 Å². The number of hydrogen-bond donors (Lipinski definition) is 1. The first kappa shape index (κ1) is 28.4. The number of rotatable bonds is 8. The van der Waals surface area contributed by atoms with E-state index in [9.17, 15) is 26.4 Å². The minimum absolute atomic E-state index is 0.0183. The molecule has 0 spiro atoms. The summed E-state index contributed by atoms with van der Waals surface area (Å²) < 4.78 is 72.6. The summed E-state index contributed by atoms with van der Waals surface area (Å²) in [5.41, 5.74) is -0.137. The Balaban J connectivity index is 1.37. The van der Waals surface area contributed by atoms with Crippen molar-refractivity contribution in [3.05, 3.63) is 101 Å². The summed E-state index contributed by atoms with van der Waals surface area (Å²) in [7, 11) is -3.84. The van der Waals surface area contributed by atoms with Gasteiger partial charge < -0.3 is 4.42 Å². The van der Waals surface area contributed by atoms with Crippen LogP contribution in [0.1, 0.15) is 11.3 Å². The second-order valence-corrected chi connectivity index (χ2v) is 12.0. The van der Waals surface area contributed by atoms with Crippen LogP contribution in [0, 0.1) is 0 Å². The summed E-state index contributed by atoms with van der Waals surface area (Å²) in [4.78, 5) is 23.2. The van der Waals surface area contributed by atoms with Crippen molar-refractivity contribution in [3.8, 4) is 11.3 Å². The maximum atomic E-state index is 13.1. The maximum absolute atomic E-state index is 13.1. The van der Waals surface area contributed by atoms with Crippen molar-refractivity contribution < 1.29 is 30.8 Å². The van der Waals surface area contributed by atoms with Crippen LogP contribution in [0.15, 0.2) is 104 Å². The molecule has 1 aliphatic rings. The molecule has 210 valence electrons. The van der Waals surface area contributed by atoms with Gasteiger partial charge in [-0.3, -0.25) is 14.4 Å². The first-order chi connectivity index (χ1) is 19.5. The highest BCUT2D eigenvalue weighted by atomic mass is 32.2. The number of aliphatic imine (C=N–C) groups is 1. The molecule has 4 aromatic rings. The number of alkyl halides is 3. The van der Waals surface area contributed by atoms with Crippen molar-refractivity contribution in [2.45, 2.75) is 11.1 Å². The number of aromatic nitrogens is 1. The van der Waals surface area contributed by atoms with E-state index in [1.807, 2.05) is 0 Å². The molecule has 5 rings (SSSR count). The molecule has 0 atom stereocenters. The zero-order chi connectivity index (χ0) is 29.2. The summed E-state index contributed by atoms with van der Waals surface area (Å²) >= 11 is 2.23. The number of halogens is 3. The van der Waals surface area contributed by atoms with Crippen LogP contribution < -0.4 is 4.72 Å². The number of amides is 1. The lowest BCUT2D eigenvalue weighted by Gasteiger charge is -2.12. The predicted octanol–water partition coefficient (Wildman–Crippen LogP) is 7.01. The van der Waals surface area contributed by atoms with E-state index in [2.05, 4.69) is 21.3 Å². The Kier molecular flexibility index (Phi) is 7.89. The van der Waals surface area contributed by atoms with Gasteiger partial charge in [0.25, 0.3) is 15.9 Å². The van der Waals surface area contributed by atoms with Gasteiger partial charge in [0, 0.05) is 29.8 Å². The third-order valence-electron chi connectivity index (χ3n) is 5.60. The number of hydrogen-bond acceptors (Lipinski definition) is 8. The van der Waals surface area contributed by atoms with Gasteiger partial charge in [0.1, 0.15) is 11.5 Å². The number of carbonyl (C=O) groups is 1. The fourth-order valence-corrected chi connectivity index (χ4v) is 6.48. The van der Waals surface area contributed by atoms with E-state index >= 15 is 0 Å². The molecule has 41 heavy (non-hydrogen) atoms. The van der Waals surface area contributed by atoms with Crippen LogP contribution in [0.4, 0.5) is 24.0 Å². The summed E-state index contributed by atoms with van der Waals surface area (Å²) in [5, 5.41) is 2.23. The lowest BCUT2D eigenvalue weighted by molar-refractivity contribution is -0.137. The van der Waals surface area contributed by atoms with E-state index in [4.69, 9.17) is 4.42 Å². The molecular formula is C27H19F3N4O4S3. The molecule has 1 saturated heterocycles. The van der Waals surface area contributed by atoms with E-state index in [1.54, 1.807) is 11.4 Å². The maximum Gasteiger partial charge on any atom is 0.416 e. The Morgan fingerprint density at radius 3 is 2.59 bits per heavy atom. The normalized spacial score (nSPS) is 16.1. The number of nitrogens with one attached hydrogen (secondary N) is 1. The van der Waals surface area contributed by atoms with Gasteiger partial charge in [-0.2, -0.15) is 13.2 Å². The third kappa shape index (κ3) is 6.45. The molecule has 0 radical (unpaired) electrons. The average molecular weight is 617 g/mol. The quantitative estimate of drug-likeness (QED) is 0.169. The molecule has 14 heteroatoms. The summed E-state index contributed by atoms with van der Waals surface area (Å²) in [6.45, 7) is 3.85. The Labute approximate surface area is 241 Å². The highest BCUT2D eigenvalue weighted by Crippen LogP contribution is 2.36. The molecule has 1 amide bonds. The minimum atomic E-state index is -4.49. The van der Waals surface area contributed by atoms with E-state index in [0.29, 0.717) is 10.9 Å². The molecular weight excluding hydrogens is 598 g/mol. The number of benzene rings is 2. The van der Waals surface area contributed by atoms with Gasteiger partial charge in [0.05, 0.1) is 21.1 Å². The van der Waals surface area contributed by atoms with Crippen LogP contribution in [-0.4, -0.2) is 35.9 Å². The topological polar surface area (TPSA) is 105 Å². The molecule has 2 aromatic carbocycles. The zero-order valence-electron chi connectivity index (χ0n) is 20.8. The molecule has 1 fully saturated rings. The molecule has 0 saturated carbocycles. The van der Waals surface area contributed by atoms with Crippen molar-refractivity contribution in [3.63, 3.8) is 0 Å². The van der Waals surface area contributed by atoms with Gasteiger partial charge in [-0.05, 0) is 60.3 Å². The number of nitrogens with zero attached hydrogens (tertiary/aromatic N) is 3. The van der Waals surface area contributed by atoms with Crippen molar-refractivity contribution in [2.75, 3.05) is 11.3 Å². The van der Waals surface area contributed by atoms with E-state index in [0.717, 1.165) is 35.2 Å². The minimum Gasteiger partial charge on any atom is -0.457 e. The monoisotopic (exact) mass is 616 g/mol.